The number of hydrogen-bond acceptors (Lipinski definition) is 3. The number of carbonyl (C=O) groups excluding carboxylic acids is 1. The maximum Gasteiger partial charge on any atom is 0.359 e. The van der Waals surface area contributed by atoms with Crippen LogP contribution in [0.15, 0.2) is 60.7 Å². The van der Waals surface area contributed by atoms with E-state index in [1.165, 1.54) is 0 Å². The summed E-state index contributed by atoms with van der Waals surface area (Å²) in [5.74, 6) is -0.245. The summed E-state index contributed by atoms with van der Waals surface area (Å²) in [7, 11) is 0. The summed E-state index contributed by atoms with van der Waals surface area (Å²) >= 11 is 0. The van der Waals surface area contributed by atoms with E-state index in [4.69, 9.17) is 4.74 Å². The van der Waals surface area contributed by atoms with Crippen molar-refractivity contribution in [2.75, 3.05) is 6.61 Å². The van der Waals surface area contributed by atoms with Crippen LogP contribution in [0.4, 0.5) is 0 Å². The van der Waals surface area contributed by atoms with Crippen molar-refractivity contribution >= 4 is 5.97 Å². The molecule has 0 aliphatic heterocycles. The second-order valence-electron chi connectivity index (χ2n) is 6.10. The average molecular weight is 334 g/mol. The molecule has 0 fully saturated rings. The van der Waals surface area contributed by atoms with Crippen LogP contribution in [0.1, 0.15) is 42.7 Å². The SMILES string of the molecule is CCOC(=O)c1nn(-c2ccccc2)c(-c2ccccc2)c1C(C)C. The van der Waals surface area contributed by atoms with E-state index in [9.17, 15) is 4.79 Å². The van der Waals surface area contributed by atoms with Gasteiger partial charge in [-0.2, -0.15) is 5.10 Å². The quantitative estimate of drug-likeness (QED) is 0.627. The normalized spacial score (nSPS) is 10.9. The van der Waals surface area contributed by atoms with Gasteiger partial charge in [-0.3, -0.25) is 0 Å². The molecular weight excluding hydrogens is 312 g/mol. The molecule has 0 amide bonds. The smallest absolute Gasteiger partial charge is 0.359 e. The van der Waals surface area contributed by atoms with Gasteiger partial charge in [0.05, 0.1) is 18.0 Å². The van der Waals surface area contributed by atoms with E-state index in [0.717, 1.165) is 22.5 Å². The van der Waals surface area contributed by atoms with Crippen molar-refractivity contribution < 1.29 is 9.53 Å². The predicted octanol–water partition coefficient (Wildman–Crippen LogP) is 4.84. The lowest BCUT2D eigenvalue weighted by molar-refractivity contribution is 0.0517. The fourth-order valence-corrected chi connectivity index (χ4v) is 2.96. The number of aromatic nitrogens is 2. The number of ether oxygens (including phenoxy) is 1. The first kappa shape index (κ1) is 17.0. The molecule has 0 bridgehead atoms. The van der Waals surface area contributed by atoms with Crippen LogP contribution in [0.5, 0.6) is 0 Å². The maximum absolute atomic E-state index is 12.5. The van der Waals surface area contributed by atoms with Crippen LogP contribution in [0, 0.1) is 0 Å². The van der Waals surface area contributed by atoms with Crippen molar-refractivity contribution in [2.24, 2.45) is 0 Å². The van der Waals surface area contributed by atoms with Crippen molar-refractivity contribution in [3.8, 4) is 16.9 Å². The van der Waals surface area contributed by atoms with Gasteiger partial charge in [-0.05, 0) is 25.0 Å². The average Bonchev–Trinajstić information content (AvgIpc) is 3.04. The molecule has 1 aromatic heterocycles. The van der Waals surface area contributed by atoms with Crippen molar-refractivity contribution in [2.45, 2.75) is 26.7 Å². The molecule has 25 heavy (non-hydrogen) atoms. The minimum absolute atomic E-state index is 0.132. The zero-order chi connectivity index (χ0) is 17.8. The molecule has 3 rings (SSSR count). The van der Waals surface area contributed by atoms with E-state index in [1.807, 2.05) is 65.3 Å². The lowest BCUT2D eigenvalue weighted by atomic mass is 9.96. The van der Waals surface area contributed by atoms with Gasteiger partial charge in [0.1, 0.15) is 0 Å². The molecule has 0 aliphatic rings. The summed E-state index contributed by atoms with van der Waals surface area (Å²) in [4.78, 5) is 12.5. The third-order valence-electron chi connectivity index (χ3n) is 4.02. The first-order valence-electron chi connectivity index (χ1n) is 8.54. The molecule has 4 heteroatoms. The predicted molar refractivity (Wildman–Crippen MR) is 99.0 cm³/mol. The molecule has 0 radical (unpaired) electrons. The van der Waals surface area contributed by atoms with E-state index in [-0.39, 0.29) is 11.9 Å². The minimum Gasteiger partial charge on any atom is -0.461 e. The van der Waals surface area contributed by atoms with Gasteiger partial charge < -0.3 is 4.74 Å². The van der Waals surface area contributed by atoms with Crippen molar-refractivity contribution in [3.63, 3.8) is 0 Å². The number of rotatable bonds is 5. The molecule has 0 atom stereocenters. The molecule has 0 unspecified atom stereocenters. The zero-order valence-corrected chi connectivity index (χ0v) is 14.8. The van der Waals surface area contributed by atoms with E-state index in [0.29, 0.717) is 12.3 Å². The molecule has 0 saturated carbocycles. The van der Waals surface area contributed by atoms with Crippen molar-refractivity contribution in [1.82, 2.24) is 9.78 Å². The molecule has 3 aromatic rings. The summed E-state index contributed by atoms with van der Waals surface area (Å²) in [6.45, 7) is 6.28. The van der Waals surface area contributed by atoms with E-state index < -0.39 is 0 Å². The second-order valence-corrected chi connectivity index (χ2v) is 6.10. The van der Waals surface area contributed by atoms with E-state index >= 15 is 0 Å². The number of hydrogen-bond donors (Lipinski definition) is 0. The van der Waals surface area contributed by atoms with Gasteiger partial charge >= 0.3 is 5.97 Å². The number of nitrogens with zero attached hydrogens (tertiary/aromatic N) is 2. The van der Waals surface area contributed by atoms with Gasteiger partial charge in [-0.1, -0.05) is 62.4 Å². The molecule has 2 aromatic carbocycles. The van der Waals surface area contributed by atoms with Gasteiger partial charge in [-0.15, -0.1) is 0 Å². The van der Waals surface area contributed by atoms with Crippen LogP contribution >= 0.6 is 0 Å². The van der Waals surface area contributed by atoms with Gasteiger partial charge in [0.15, 0.2) is 5.69 Å². The molecule has 0 saturated heterocycles. The first-order valence-corrected chi connectivity index (χ1v) is 8.54. The van der Waals surface area contributed by atoms with Crippen LogP contribution in [-0.2, 0) is 4.74 Å². The van der Waals surface area contributed by atoms with Crippen LogP contribution in [0.25, 0.3) is 16.9 Å². The van der Waals surface area contributed by atoms with Crippen LogP contribution in [0.3, 0.4) is 0 Å². The summed E-state index contributed by atoms with van der Waals surface area (Å²) in [6.07, 6.45) is 0. The molecular formula is C21H22N2O2. The highest BCUT2D eigenvalue weighted by atomic mass is 16.5. The van der Waals surface area contributed by atoms with Crippen LogP contribution in [-0.4, -0.2) is 22.4 Å². The Morgan fingerprint density at radius 2 is 1.64 bits per heavy atom. The fraction of sp³-hybridized carbons (Fsp3) is 0.238. The lowest BCUT2D eigenvalue weighted by Crippen LogP contribution is -2.09. The van der Waals surface area contributed by atoms with Crippen molar-refractivity contribution in [1.29, 1.82) is 0 Å². The molecule has 128 valence electrons. The van der Waals surface area contributed by atoms with E-state index in [2.05, 4.69) is 18.9 Å². The van der Waals surface area contributed by atoms with Gasteiger partial charge in [-0.25, -0.2) is 9.48 Å². The Labute approximate surface area is 148 Å². The number of benzene rings is 2. The summed E-state index contributed by atoms with van der Waals surface area (Å²) in [5.41, 5.74) is 4.18. The second kappa shape index (κ2) is 7.34. The van der Waals surface area contributed by atoms with E-state index in [1.54, 1.807) is 6.92 Å². The molecule has 0 aliphatic carbocycles. The highest BCUT2D eigenvalue weighted by Gasteiger charge is 2.27. The zero-order valence-electron chi connectivity index (χ0n) is 14.8. The molecule has 0 spiro atoms. The molecule has 1 heterocycles. The molecule has 4 nitrogen and oxygen atoms in total. The Balaban J connectivity index is 2.30. The Morgan fingerprint density at radius 1 is 1.04 bits per heavy atom. The number of carbonyl (C=O) groups is 1. The fourth-order valence-electron chi connectivity index (χ4n) is 2.96. The first-order chi connectivity index (χ1) is 12.1. The van der Waals surface area contributed by atoms with Crippen LogP contribution in [0.2, 0.25) is 0 Å². The standard InChI is InChI=1S/C21H22N2O2/c1-4-25-21(24)19-18(15(2)3)20(16-11-7-5-8-12-16)23(22-19)17-13-9-6-10-14-17/h5-15H,4H2,1-3H3. The monoisotopic (exact) mass is 334 g/mol. The highest BCUT2D eigenvalue weighted by Crippen LogP contribution is 2.34. The summed E-state index contributed by atoms with van der Waals surface area (Å²) < 4.78 is 7.09. The number of esters is 1. The number of para-hydroxylation sites is 1. The van der Waals surface area contributed by atoms with Crippen molar-refractivity contribution in [3.05, 3.63) is 71.9 Å². The van der Waals surface area contributed by atoms with Crippen LogP contribution < -0.4 is 0 Å². The van der Waals surface area contributed by atoms with Gasteiger partial charge in [0.25, 0.3) is 0 Å². The topological polar surface area (TPSA) is 44.1 Å². The Morgan fingerprint density at radius 3 is 2.20 bits per heavy atom. The Hall–Kier alpha value is -2.88. The minimum atomic E-state index is -0.377. The third-order valence-corrected chi connectivity index (χ3v) is 4.02. The Bertz CT molecular complexity index is 852. The highest BCUT2D eigenvalue weighted by molar-refractivity contribution is 5.92. The largest absolute Gasteiger partial charge is 0.461 e. The molecule has 0 N–H and O–H groups in total. The van der Waals surface area contributed by atoms with Gasteiger partial charge in [0.2, 0.25) is 0 Å². The summed E-state index contributed by atoms with van der Waals surface area (Å²) in [5, 5.41) is 4.64. The maximum atomic E-state index is 12.5. The third kappa shape index (κ3) is 3.33. The lowest BCUT2D eigenvalue weighted by Gasteiger charge is -2.12. The Kier molecular flexibility index (Phi) is 4.98. The summed E-state index contributed by atoms with van der Waals surface area (Å²) in [6, 6.07) is 19.9. The van der Waals surface area contributed by atoms with Gasteiger partial charge in [0, 0.05) is 11.1 Å².